The molecular weight excluding hydrogens is 205 g/mol. The minimum atomic E-state index is -0.204. The van der Waals surface area contributed by atoms with Gasteiger partial charge in [-0.15, -0.1) is 0 Å². The van der Waals surface area contributed by atoms with Crippen LogP contribution in [-0.2, 0) is 10.3 Å². The van der Waals surface area contributed by atoms with Gasteiger partial charge in [-0.3, -0.25) is 0 Å². The van der Waals surface area contributed by atoms with Crippen LogP contribution in [0.1, 0.15) is 26.3 Å². The summed E-state index contributed by atoms with van der Waals surface area (Å²) < 4.78 is 17.9. The van der Waals surface area contributed by atoms with Gasteiger partial charge in [0.1, 0.15) is 5.82 Å². The van der Waals surface area contributed by atoms with Crippen molar-refractivity contribution in [1.82, 2.24) is 5.32 Å². The van der Waals surface area contributed by atoms with E-state index in [0.717, 1.165) is 5.56 Å². The average molecular weight is 225 g/mol. The van der Waals surface area contributed by atoms with Crippen molar-refractivity contribution in [1.29, 1.82) is 0 Å². The lowest BCUT2D eigenvalue weighted by molar-refractivity contribution is 0.156. The van der Waals surface area contributed by atoms with Crippen molar-refractivity contribution in [2.24, 2.45) is 0 Å². The topological polar surface area (TPSA) is 21.3 Å². The van der Waals surface area contributed by atoms with E-state index in [0.29, 0.717) is 6.61 Å². The van der Waals surface area contributed by atoms with Crippen molar-refractivity contribution in [2.45, 2.75) is 32.4 Å². The largest absolute Gasteiger partial charge is 0.383 e. The third kappa shape index (κ3) is 3.58. The first kappa shape index (κ1) is 13.1. The van der Waals surface area contributed by atoms with Gasteiger partial charge in [0.15, 0.2) is 0 Å². The molecule has 0 amide bonds. The molecule has 0 spiro atoms. The van der Waals surface area contributed by atoms with E-state index in [2.05, 4.69) is 26.1 Å². The summed E-state index contributed by atoms with van der Waals surface area (Å²) in [6, 6.07) is 6.84. The second kappa shape index (κ2) is 5.41. The quantitative estimate of drug-likeness (QED) is 0.832. The summed E-state index contributed by atoms with van der Waals surface area (Å²) in [5, 5.41) is 3.45. The first-order valence-electron chi connectivity index (χ1n) is 5.48. The average Bonchev–Trinajstić information content (AvgIpc) is 2.17. The molecule has 0 saturated heterocycles. The van der Waals surface area contributed by atoms with Crippen LogP contribution < -0.4 is 5.32 Å². The number of ether oxygens (including phenoxy) is 1. The van der Waals surface area contributed by atoms with Gasteiger partial charge in [0.25, 0.3) is 0 Å². The Morgan fingerprint density at radius 3 is 2.38 bits per heavy atom. The fourth-order valence-electron chi connectivity index (χ4n) is 1.86. The maximum absolute atomic E-state index is 12.8. The van der Waals surface area contributed by atoms with Gasteiger partial charge >= 0.3 is 0 Å². The molecule has 0 bridgehead atoms. The fraction of sp³-hybridized carbons (Fsp3) is 0.538. The van der Waals surface area contributed by atoms with Gasteiger partial charge in [-0.2, -0.15) is 0 Å². The number of hydrogen-bond donors (Lipinski definition) is 1. The molecule has 1 aromatic carbocycles. The van der Waals surface area contributed by atoms with Crippen molar-refractivity contribution in [2.75, 3.05) is 13.7 Å². The third-order valence-electron chi connectivity index (χ3n) is 2.59. The zero-order chi connectivity index (χ0) is 12.2. The molecule has 3 heteroatoms. The molecule has 0 heterocycles. The molecule has 90 valence electrons. The maximum Gasteiger partial charge on any atom is 0.123 e. The Balaban J connectivity index is 2.72. The zero-order valence-electron chi connectivity index (χ0n) is 10.4. The first-order chi connectivity index (χ1) is 7.45. The van der Waals surface area contributed by atoms with Crippen LogP contribution in [0.5, 0.6) is 0 Å². The second-order valence-electron chi connectivity index (χ2n) is 4.63. The lowest BCUT2D eigenvalue weighted by Gasteiger charge is -2.30. The molecule has 0 aliphatic heterocycles. The van der Waals surface area contributed by atoms with Crippen molar-refractivity contribution in [3.05, 3.63) is 35.6 Å². The predicted octanol–water partition coefficient (Wildman–Crippen LogP) is 2.69. The van der Waals surface area contributed by atoms with E-state index in [-0.39, 0.29) is 17.4 Å². The molecule has 1 rings (SSSR count). The van der Waals surface area contributed by atoms with E-state index in [1.54, 1.807) is 7.11 Å². The molecule has 1 atom stereocenters. The molecule has 2 nitrogen and oxygen atoms in total. The summed E-state index contributed by atoms with van der Waals surface area (Å²) in [4.78, 5) is 0. The van der Waals surface area contributed by atoms with Crippen LogP contribution in [0.15, 0.2) is 24.3 Å². The summed E-state index contributed by atoms with van der Waals surface area (Å²) in [5.41, 5.74) is 0.878. The number of hydrogen-bond acceptors (Lipinski definition) is 2. The van der Waals surface area contributed by atoms with Crippen molar-refractivity contribution in [3.8, 4) is 0 Å². The Kier molecular flexibility index (Phi) is 4.44. The second-order valence-corrected chi connectivity index (χ2v) is 4.63. The number of benzene rings is 1. The van der Waals surface area contributed by atoms with Crippen LogP contribution in [0.3, 0.4) is 0 Å². The molecule has 1 aromatic rings. The summed E-state index contributed by atoms with van der Waals surface area (Å²) in [7, 11) is 1.68. The highest BCUT2D eigenvalue weighted by Gasteiger charge is 2.22. The van der Waals surface area contributed by atoms with Gasteiger partial charge in [-0.25, -0.2) is 4.39 Å². The normalized spacial score (nSPS) is 13.8. The van der Waals surface area contributed by atoms with Crippen LogP contribution in [0.25, 0.3) is 0 Å². The minimum Gasteiger partial charge on any atom is -0.383 e. The smallest absolute Gasteiger partial charge is 0.123 e. The zero-order valence-corrected chi connectivity index (χ0v) is 10.4. The van der Waals surface area contributed by atoms with Gasteiger partial charge in [0.05, 0.1) is 6.61 Å². The molecule has 1 unspecified atom stereocenters. The molecule has 0 aliphatic rings. The number of methoxy groups -OCH3 is 1. The molecule has 16 heavy (non-hydrogen) atoms. The van der Waals surface area contributed by atoms with E-state index >= 15 is 0 Å². The van der Waals surface area contributed by atoms with Crippen LogP contribution >= 0.6 is 0 Å². The van der Waals surface area contributed by atoms with Crippen LogP contribution in [-0.4, -0.2) is 19.8 Å². The van der Waals surface area contributed by atoms with Crippen molar-refractivity contribution in [3.63, 3.8) is 0 Å². The number of rotatable bonds is 5. The minimum absolute atomic E-state index is 0.189. The van der Waals surface area contributed by atoms with Gasteiger partial charge in [-0.1, -0.05) is 12.1 Å². The van der Waals surface area contributed by atoms with Crippen molar-refractivity contribution < 1.29 is 9.13 Å². The number of nitrogens with one attached hydrogen (secondary N) is 1. The summed E-state index contributed by atoms with van der Waals surface area (Å²) in [6.07, 6.45) is 0. The number of halogens is 1. The highest BCUT2D eigenvalue weighted by atomic mass is 19.1. The van der Waals surface area contributed by atoms with E-state index in [4.69, 9.17) is 4.74 Å². The fourth-order valence-corrected chi connectivity index (χ4v) is 1.86. The van der Waals surface area contributed by atoms with Gasteiger partial charge < -0.3 is 10.1 Å². The van der Waals surface area contributed by atoms with Crippen LogP contribution in [0, 0.1) is 5.82 Å². The Morgan fingerprint density at radius 2 is 1.88 bits per heavy atom. The molecule has 0 radical (unpaired) electrons. The standard InChI is InChI=1S/C13H20FNO/c1-10(9-16-4)15-13(2,3)11-5-7-12(14)8-6-11/h5-8,10,15H,9H2,1-4H3. The SMILES string of the molecule is COCC(C)NC(C)(C)c1ccc(F)cc1. The first-order valence-corrected chi connectivity index (χ1v) is 5.48. The Bertz CT molecular complexity index is 321. The van der Waals surface area contributed by atoms with E-state index in [9.17, 15) is 4.39 Å². The third-order valence-corrected chi connectivity index (χ3v) is 2.59. The van der Waals surface area contributed by atoms with E-state index in [1.807, 2.05) is 12.1 Å². The van der Waals surface area contributed by atoms with Crippen LogP contribution in [0.4, 0.5) is 4.39 Å². The summed E-state index contributed by atoms with van der Waals surface area (Å²) in [6.45, 7) is 6.87. The molecule has 1 N–H and O–H groups in total. The molecule has 0 saturated carbocycles. The molecule has 0 aromatic heterocycles. The predicted molar refractivity (Wildman–Crippen MR) is 63.9 cm³/mol. The highest BCUT2D eigenvalue weighted by molar-refractivity contribution is 5.23. The van der Waals surface area contributed by atoms with E-state index < -0.39 is 0 Å². The molecule has 0 aliphatic carbocycles. The Hall–Kier alpha value is -0.930. The van der Waals surface area contributed by atoms with Gasteiger partial charge in [0.2, 0.25) is 0 Å². The summed E-state index contributed by atoms with van der Waals surface area (Å²) >= 11 is 0. The van der Waals surface area contributed by atoms with Gasteiger partial charge in [0, 0.05) is 18.7 Å². The Labute approximate surface area is 96.8 Å². The maximum atomic E-state index is 12.8. The lowest BCUT2D eigenvalue weighted by atomic mass is 9.93. The summed E-state index contributed by atoms with van der Waals surface area (Å²) in [5.74, 6) is -0.204. The monoisotopic (exact) mass is 225 g/mol. The highest BCUT2D eigenvalue weighted by Crippen LogP contribution is 2.20. The molecule has 0 fully saturated rings. The van der Waals surface area contributed by atoms with Crippen LogP contribution in [0.2, 0.25) is 0 Å². The van der Waals surface area contributed by atoms with Gasteiger partial charge in [-0.05, 0) is 38.5 Å². The van der Waals surface area contributed by atoms with Crippen molar-refractivity contribution >= 4 is 0 Å². The van der Waals surface area contributed by atoms with E-state index in [1.165, 1.54) is 12.1 Å². The lowest BCUT2D eigenvalue weighted by Crippen LogP contribution is -2.44. The Morgan fingerprint density at radius 1 is 1.31 bits per heavy atom. The molecular formula is C13H20FNO.